The van der Waals surface area contributed by atoms with Crippen LogP contribution < -0.4 is 16.6 Å². The molecule has 0 saturated carbocycles. The van der Waals surface area contributed by atoms with Crippen molar-refractivity contribution in [1.29, 1.82) is 0 Å². The van der Waals surface area contributed by atoms with E-state index in [1.54, 1.807) is 0 Å². The Bertz CT molecular complexity index is 79.1. The van der Waals surface area contributed by atoms with Crippen molar-refractivity contribution in [2.75, 3.05) is 26.2 Å². The van der Waals surface area contributed by atoms with Crippen LogP contribution in [0.2, 0.25) is 0 Å². The Hall–Kier alpha value is -0.160. The smallest absolute Gasteiger partial charge is 0.0411 e. The second-order valence-corrected chi connectivity index (χ2v) is 2.76. The summed E-state index contributed by atoms with van der Waals surface area (Å²) < 4.78 is 0. The zero-order chi connectivity index (χ0) is 9.23. The molecule has 0 aliphatic carbocycles. The van der Waals surface area contributed by atoms with Gasteiger partial charge in [0.05, 0.1) is 0 Å². The molecule has 4 heteroatoms. The molecular weight excluding hydrogens is 152 g/mol. The minimum Gasteiger partial charge on any atom is -0.329 e. The second-order valence-electron chi connectivity index (χ2n) is 2.76. The number of rotatable bonds is 8. The van der Waals surface area contributed by atoms with Crippen LogP contribution in [0.4, 0.5) is 0 Å². The normalized spacial score (nSPS) is 11.0. The van der Waals surface area contributed by atoms with Crippen molar-refractivity contribution < 1.29 is 0 Å². The van der Waals surface area contributed by atoms with Gasteiger partial charge in [-0.25, -0.2) is 10.9 Å². The van der Waals surface area contributed by atoms with Crippen LogP contribution in [0.5, 0.6) is 0 Å². The first kappa shape index (κ1) is 11.8. The van der Waals surface area contributed by atoms with Crippen molar-refractivity contribution in [2.24, 2.45) is 5.73 Å². The number of hydrogen-bond acceptors (Lipinski definition) is 4. The summed E-state index contributed by atoms with van der Waals surface area (Å²) in [6, 6.07) is 0. The Balaban J connectivity index is 3.40. The SMILES string of the molecule is CCCNN(CCN)NCCC. The van der Waals surface area contributed by atoms with E-state index in [1.807, 2.05) is 5.12 Å². The van der Waals surface area contributed by atoms with E-state index in [0.717, 1.165) is 32.5 Å². The van der Waals surface area contributed by atoms with Gasteiger partial charge >= 0.3 is 0 Å². The number of nitrogens with two attached hydrogens (primary N) is 1. The van der Waals surface area contributed by atoms with Gasteiger partial charge in [-0.3, -0.25) is 0 Å². The maximum Gasteiger partial charge on any atom is 0.0411 e. The van der Waals surface area contributed by atoms with Gasteiger partial charge in [-0.15, -0.1) is 0 Å². The molecule has 12 heavy (non-hydrogen) atoms. The monoisotopic (exact) mass is 174 g/mol. The van der Waals surface area contributed by atoms with E-state index >= 15 is 0 Å². The molecule has 0 spiro atoms. The highest BCUT2D eigenvalue weighted by Gasteiger charge is 1.98. The summed E-state index contributed by atoms with van der Waals surface area (Å²) in [5.74, 6) is 0. The molecule has 0 rings (SSSR count). The van der Waals surface area contributed by atoms with Gasteiger partial charge in [0.2, 0.25) is 0 Å². The average molecular weight is 174 g/mol. The molecule has 0 aromatic heterocycles. The van der Waals surface area contributed by atoms with Gasteiger partial charge in [0, 0.05) is 26.2 Å². The van der Waals surface area contributed by atoms with E-state index in [9.17, 15) is 0 Å². The molecule has 0 amide bonds. The van der Waals surface area contributed by atoms with E-state index in [2.05, 4.69) is 24.7 Å². The fraction of sp³-hybridized carbons (Fsp3) is 1.00. The Kier molecular flexibility index (Phi) is 8.81. The zero-order valence-electron chi connectivity index (χ0n) is 8.27. The lowest BCUT2D eigenvalue weighted by Crippen LogP contribution is -2.50. The summed E-state index contributed by atoms with van der Waals surface area (Å²) in [5, 5.41) is 1.98. The third kappa shape index (κ3) is 6.54. The average Bonchev–Trinajstić information content (AvgIpc) is 2.10. The summed E-state index contributed by atoms with van der Waals surface area (Å²) in [4.78, 5) is 0. The van der Waals surface area contributed by atoms with E-state index in [0.29, 0.717) is 6.54 Å². The summed E-state index contributed by atoms with van der Waals surface area (Å²) in [6.07, 6.45) is 2.27. The molecule has 0 radical (unpaired) electrons. The molecule has 0 fully saturated rings. The largest absolute Gasteiger partial charge is 0.329 e. The van der Waals surface area contributed by atoms with Crippen LogP contribution in [0.15, 0.2) is 0 Å². The first-order chi connectivity index (χ1) is 5.85. The van der Waals surface area contributed by atoms with Crippen molar-refractivity contribution >= 4 is 0 Å². The molecule has 4 nitrogen and oxygen atoms in total. The third-order valence-electron chi connectivity index (χ3n) is 1.46. The molecule has 0 heterocycles. The molecule has 0 aromatic carbocycles. The lowest BCUT2D eigenvalue weighted by molar-refractivity contribution is 0.119. The lowest BCUT2D eigenvalue weighted by Gasteiger charge is -2.22. The van der Waals surface area contributed by atoms with Gasteiger partial charge in [-0.2, -0.15) is 5.12 Å². The summed E-state index contributed by atoms with van der Waals surface area (Å²) >= 11 is 0. The van der Waals surface area contributed by atoms with Gasteiger partial charge in [0.1, 0.15) is 0 Å². The van der Waals surface area contributed by atoms with Gasteiger partial charge < -0.3 is 5.73 Å². The Morgan fingerprint density at radius 1 is 1.08 bits per heavy atom. The Labute approximate surface area is 75.4 Å². The number of nitrogens with one attached hydrogen (secondary N) is 2. The first-order valence-electron chi connectivity index (χ1n) is 4.79. The Morgan fingerprint density at radius 3 is 1.92 bits per heavy atom. The standard InChI is InChI=1S/C8H22N4/c1-3-6-10-12(8-5-9)11-7-4-2/h10-11H,3-9H2,1-2H3. The van der Waals surface area contributed by atoms with E-state index < -0.39 is 0 Å². The number of hydrogen-bond donors (Lipinski definition) is 3. The third-order valence-corrected chi connectivity index (χ3v) is 1.46. The lowest BCUT2D eigenvalue weighted by atomic mass is 10.5. The van der Waals surface area contributed by atoms with E-state index in [4.69, 9.17) is 5.73 Å². The Morgan fingerprint density at radius 2 is 1.58 bits per heavy atom. The highest BCUT2D eigenvalue weighted by Crippen LogP contribution is 1.78. The van der Waals surface area contributed by atoms with Crippen LogP contribution in [-0.2, 0) is 0 Å². The van der Waals surface area contributed by atoms with Crippen LogP contribution in [0, 0.1) is 0 Å². The van der Waals surface area contributed by atoms with Gasteiger partial charge in [-0.1, -0.05) is 13.8 Å². The second kappa shape index (κ2) is 8.93. The molecule has 74 valence electrons. The molecule has 0 aliphatic heterocycles. The van der Waals surface area contributed by atoms with Gasteiger partial charge in [0.25, 0.3) is 0 Å². The highest BCUT2D eigenvalue weighted by atomic mass is 15.7. The van der Waals surface area contributed by atoms with Crippen molar-refractivity contribution in [3.8, 4) is 0 Å². The molecule has 4 N–H and O–H groups in total. The summed E-state index contributed by atoms with van der Waals surface area (Å²) in [7, 11) is 0. The van der Waals surface area contributed by atoms with Gasteiger partial charge in [0.15, 0.2) is 0 Å². The van der Waals surface area contributed by atoms with Crippen molar-refractivity contribution in [3.63, 3.8) is 0 Å². The molecule has 0 aromatic rings. The summed E-state index contributed by atoms with van der Waals surface area (Å²) in [5.41, 5.74) is 11.9. The van der Waals surface area contributed by atoms with Crippen molar-refractivity contribution in [1.82, 2.24) is 16.0 Å². The fourth-order valence-electron chi connectivity index (χ4n) is 0.837. The van der Waals surface area contributed by atoms with Crippen LogP contribution in [0.1, 0.15) is 26.7 Å². The topological polar surface area (TPSA) is 53.3 Å². The van der Waals surface area contributed by atoms with E-state index in [-0.39, 0.29) is 0 Å². The van der Waals surface area contributed by atoms with Crippen LogP contribution in [-0.4, -0.2) is 31.3 Å². The molecule has 0 aliphatic rings. The maximum atomic E-state index is 5.45. The van der Waals surface area contributed by atoms with E-state index in [1.165, 1.54) is 0 Å². The molecule has 0 atom stereocenters. The highest BCUT2D eigenvalue weighted by molar-refractivity contribution is 4.47. The first-order valence-corrected chi connectivity index (χ1v) is 4.79. The van der Waals surface area contributed by atoms with Crippen LogP contribution in [0.3, 0.4) is 0 Å². The predicted octanol–water partition coefficient (Wildman–Crippen LogP) is 0.0763. The zero-order valence-corrected chi connectivity index (χ0v) is 8.27. The fourth-order valence-corrected chi connectivity index (χ4v) is 0.837. The quantitative estimate of drug-likeness (QED) is 0.456. The summed E-state index contributed by atoms with van der Waals surface area (Å²) in [6.45, 7) is 7.81. The predicted molar refractivity (Wildman–Crippen MR) is 52.3 cm³/mol. The van der Waals surface area contributed by atoms with Gasteiger partial charge in [-0.05, 0) is 12.8 Å². The number of hydrazine groups is 2. The van der Waals surface area contributed by atoms with Crippen LogP contribution >= 0.6 is 0 Å². The van der Waals surface area contributed by atoms with Crippen molar-refractivity contribution in [3.05, 3.63) is 0 Å². The van der Waals surface area contributed by atoms with Crippen molar-refractivity contribution in [2.45, 2.75) is 26.7 Å². The minimum absolute atomic E-state index is 0.674. The molecular formula is C8H22N4. The number of nitrogens with zero attached hydrogens (tertiary/aromatic N) is 1. The molecule has 0 bridgehead atoms. The minimum atomic E-state index is 0.674. The van der Waals surface area contributed by atoms with Crippen LogP contribution in [0.25, 0.3) is 0 Å². The maximum absolute atomic E-state index is 5.45. The molecule has 0 saturated heterocycles. The molecule has 0 unspecified atom stereocenters.